The number of hydrogen-bond acceptors (Lipinski definition) is 5. The zero-order valence-electron chi connectivity index (χ0n) is 17.4. The van der Waals surface area contributed by atoms with E-state index in [9.17, 15) is 14.9 Å². The van der Waals surface area contributed by atoms with E-state index in [4.69, 9.17) is 4.98 Å². The van der Waals surface area contributed by atoms with Gasteiger partial charge in [-0.25, -0.2) is 4.98 Å². The van der Waals surface area contributed by atoms with Crippen LogP contribution in [0.2, 0.25) is 0 Å². The molecule has 0 radical (unpaired) electrons. The summed E-state index contributed by atoms with van der Waals surface area (Å²) < 4.78 is 1.79. The monoisotopic (exact) mass is 412 g/mol. The molecule has 3 rings (SSSR count). The van der Waals surface area contributed by atoms with Crippen molar-refractivity contribution < 1.29 is 4.79 Å². The number of thioether (sulfide) groups is 1. The molecule has 29 heavy (non-hydrogen) atoms. The second-order valence-corrected chi connectivity index (χ2v) is 9.55. The van der Waals surface area contributed by atoms with Gasteiger partial charge in [-0.2, -0.15) is 5.26 Å². The van der Waals surface area contributed by atoms with E-state index in [0.29, 0.717) is 16.1 Å². The predicted molar refractivity (Wildman–Crippen MR) is 116 cm³/mol. The van der Waals surface area contributed by atoms with Gasteiger partial charge in [-0.15, -0.1) is 0 Å². The quantitative estimate of drug-likeness (QED) is 0.571. The van der Waals surface area contributed by atoms with Crippen molar-refractivity contribution in [1.82, 2.24) is 14.9 Å². The lowest BCUT2D eigenvalue weighted by atomic mass is 9.90. The van der Waals surface area contributed by atoms with Crippen LogP contribution < -0.4 is 10.9 Å². The van der Waals surface area contributed by atoms with Crippen LogP contribution in [0, 0.1) is 17.2 Å². The number of rotatable bonds is 6. The fourth-order valence-corrected chi connectivity index (χ4v) is 4.54. The minimum Gasteiger partial charge on any atom is -0.337 e. The van der Waals surface area contributed by atoms with Crippen molar-refractivity contribution in [3.05, 3.63) is 34.6 Å². The number of aromatic nitrogens is 2. The van der Waals surface area contributed by atoms with Gasteiger partial charge in [0.15, 0.2) is 5.16 Å². The molecule has 2 aromatic rings. The smallest absolute Gasteiger partial charge is 0.262 e. The van der Waals surface area contributed by atoms with Gasteiger partial charge in [0.05, 0.1) is 22.2 Å². The molecule has 0 spiro atoms. The summed E-state index contributed by atoms with van der Waals surface area (Å²) in [5.74, 6) is -0.253. The summed E-state index contributed by atoms with van der Waals surface area (Å²) >= 11 is 1.29. The predicted octanol–water partition coefficient (Wildman–Crippen LogP) is 4.05. The van der Waals surface area contributed by atoms with Gasteiger partial charge in [-0.1, -0.05) is 50.6 Å². The van der Waals surface area contributed by atoms with Gasteiger partial charge in [0.2, 0.25) is 5.91 Å². The van der Waals surface area contributed by atoms with Crippen molar-refractivity contribution in [1.29, 1.82) is 5.26 Å². The number of nitriles is 1. The molecule has 1 fully saturated rings. The molecule has 2 unspecified atom stereocenters. The normalized spacial score (nSPS) is 17.8. The molecule has 154 valence electrons. The molecule has 1 amide bonds. The SMILES string of the molecule is CC(Sc1nc2ccccc2c(=O)n1C1CCCC1)C(=O)NC(C)(C#N)C(C)C. The van der Waals surface area contributed by atoms with Gasteiger partial charge in [-0.05, 0) is 44.7 Å². The van der Waals surface area contributed by atoms with Crippen molar-refractivity contribution in [3.63, 3.8) is 0 Å². The maximum absolute atomic E-state index is 13.2. The van der Waals surface area contributed by atoms with Gasteiger partial charge in [-0.3, -0.25) is 14.2 Å². The third-order valence-electron chi connectivity index (χ3n) is 5.89. The van der Waals surface area contributed by atoms with E-state index in [-0.39, 0.29) is 23.4 Å². The van der Waals surface area contributed by atoms with Gasteiger partial charge < -0.3 is 5.32 Å². The first-order chi connectivity index (χ1) is 13.8. The van der Waals surface area contributed by atoms with E-state index in [0.717, 1.165) is 25.7 Å². The number of nitrogens with one attached hydrogen (secondary N) is 1. The summed E-state index contributed by atoms with van der Waals surface area (Å²) in [7, 11) is 0. The lowest BCUT2D eigenvalue weighted by Gasteiger charge is -2.29. The van der Waals surface area contributed by atoms with Gasteiger partial charge >= 0.3 is 0 Å². The number of amides is 1. The molecule has 1 aliphatic carbocycles. The summed E-state index contributed by atoms with van der Waals surface area (Å²) in [6.45, 7) is 7.34. The minimum absolute atomic E-state index is 0.0240. The van der Waals surface area contributed by atoms with Crippen molar-refractivity contribution in [2.24, 2.45) is 5.92 Å². The van der Waals surface area contributed by atoms with Crippen LogP contribution in [0.5, 0.6) is 0 Å². The largest absolute Gasteiger partial charge is 0.337 e. The topological polar surface area (TPSA) is 87.8 Å². The van der Waals surface area contributed by atoms with E-state index in [2.05, 4.69) is 11.4 Å². The fraction of sp³-hybridized carbons (Fsp3) is 0.545. The lowest BCUT2D eigenvalue weighted by molar-refractivity contribution is -0.121. The summed E-state index contributed by atoms with van der Waals surface area (Å²) in [6.07, 6.45) is 4.10. The molecule has 1 aliphatic rings. The number of carbonyl (C=O) groups excluding carboxylic acids is 1. The second kappa shape index (κ2) is 8.58. The van der Waals surface area contributed by atoms with E-state index in [1.807, 2.05) is 38.1 Å². The first kappa shape index (κ1) is 21.4. The standard InChI is InChI=1S/C22H28N4O2S/c1-14(2)22(4,13-23)25-19(27)15(3)29-21-24-18-12-8-7-11-17(18)20(28)26(21)16-9-5-6-10-16/h7-8,11-12,14-16H,5-6,9-10H2,1-4H3,(H,25,27). The highest BCUT2D eigenvalue weighted by Crippen LogP contribution is 2.33. The van der Waals surface area contributed by atoms with Crippen molar-refractivity contribution in [2.45, 2.75) is 75.4 Å². The molecule has 1 N–H and O–H groups in total. The third kappa shape index (κ3) is 4.32. The van der Waals surface area contributed by atoms with Crippen LogP contribution in [0.15, 0.2) is 34.2 Å². The summed E-state index contributed by atoms with van der Waals surface area (Å²) in [5, 5.41) is 13.1. The van der Waals surface area contributed by atoms with Crippen LogP contribution in [-0.2, 0) is 4.79 Å². The molecule has 1 aromatic carbocycles. The molecule has 1 aromatic heterocycles. The second-order valence-electron chi connectivity index (χ2n) is 8.24. The average Bonchev–Trinajstić information content (AvgIpc) is 3.22. The third-order valence-corrected chi connectivity index (χ3v) is 6.95. The van der Waals surface area contributed by atoms with E-state index >= 15 is 0 Å². The Balaban J connectivity index is 1.94. The summed E-state index contributed by atoms with van der Waals surface area (Å²) in [6, 6.07) is 9.67. The molecule has 1 saturated carbocycles. The maximum atomic E-state index is 13.2. The van der Waals surface area contributed by atoms with Gasteiger partial charge in [0, 0.05) is 6.04 Å². The molecule has 0 bridgehead atoms. The van der Waals surface area contributed by atoms with Crippen molar-refractivity contribution in [2.75, 3.05) is 0 Å². The molecule has 0 saturated heterocycles. The number of fused-ring (bicyclic) bond motifs is 1. The Morgan fingerprint density at radius 3 is 2.59 bits per heavy atom. The fourth-order valence-electron chi connectivity index (χ4n) is 3.56. The van der Waals surface area contributed by atoms with Crippen molar-refractivity contribution in [3.8, 4) is 6.07 Å². The molecule has 0 aliphatic heterocycles. The lowest BCUT2D eigenvalue weighted by Crippen LogP contribution is -2.51. The number of hydrogen-bond donors (Lipinski definition) is 1. The Labute approximate surface area is 175 Å². The Bertz CT molecular complexity index is 1000. The summed E-state index contributed by atoms with van der Waals surface area (Å²) in [4.78, 5) is 30.8. The Morgan fingerprint density at radius 1 is 1.31 bits per heavy atom. The Kier molecular flexibility index (Phi) is 6.33. The van der Waals surface area contributed by atoms with Crippen LogP contribution in [0.25, 0.3) is 10.9 Å². The van der Waals surface area contributed by atoms with Crippen LogP contribution >= 0.6 is 11.8 Å². The molecular formula is C22H28N4O2S. The zero-order valence-corrected chi connectivity index (χ0v) is 18.3. The average molecular weight is 413 g/mol. The van der Waals surface area contributed by atoms with E-state index < -0.39 is 10.8 Å². The first-order valence-corrected chi connectivity index (χ1v) is 11.1. The number of benzene rings is 1. The highest BCUT2D eigenvalue weighted by atomic mass is 32.2. The van der Waals surface area contributed by atoms with Crippen LogP contribution in [-0.4, -0.2) is 26.2 Å². The van der Waals surface area contributed by atoms with Crippen LogP contribution in [0.3, 0.4) is 0 Å². The number of carbonyl (C=O) groups is 1. The van der Waals surface area contributed by atoms with Gasteiger partial charge in [0.25, 0.3) is 5.56 Å². The number of para-hydroxylation sites is 1. The molecule has 1 heterocycles. The summed E-state index contributed by atoms with van der Waals surface area (Å²) in [5.41, 5.74) is -0.332. The molecule has 7 heteroatoms. The van der Waals surface area contributed by atoms with Crippen LogP contribution in [0.1, 0.15) is 59.4 Å². The Hall–Kier alpha value is -2.33. The first-order valence-electron chi connectivity index (χ1n) is 10.2. The highest BCUT2D eigenvalue weighted by molar-refractivity contribution is 8.00. The molecule has 6 nitrogen and oxygen atoms in total. The number of nitrogens with zero attached hydrogens (tertiary/aromatic N) is 3. The minimum atomic E-state index is -0.937. The Morgan fingerprint density at radius 2 is 1.97 bits per heavy atom. The maximum Gasteiger partial charge on any atom is 0.262 e. The molecule has 2 atom stereocenters. The van der Waals surface area contributed by atoms with Crippen molar-refractivity contribution >= 4 is 28.6 Å². The zero-order chi connectivity index (χ0) is 21.2. The highest BCUT2D eigenvalue weighted by Gasteiger charge is 2.33. The molecular weight excluding hydrogens is 384 g/mol. The van der Waals surface area contributed by atoms with Crippen LogP contribution in [0.4, 0.5) is 0 Å². The van der Waals surface area contributed by atoms with E-state index in [1.165, 1.54) is 11.8 Å². The van der Waals surface area contributed by atoms with Gasteiger partial charge in [0.1, 0.15) is 5.54 Å². The van der Waals surface area contributed by atoms with E-state index in [1.54, 1.807) is 18.4 Å².